The molecule has 1 fully saturated rings. The summed E-state index contributed by atoms with van der Waals surface area (Å²) in [5.74, 6) is 0. The molecule has 0 radical (unpaired) electrons. The molecule has 0 spiro atoms. The van der Waals surface area contributed by atoms with Crippen LogP contribution in [0.1, 0.15) is 32.1 Å². The minimum absolute atomic E-state index is 0.0439. The van der Waals surface area contributed by atoms with E-state index in [9.17, 15) is 13.5 Å². The molecule has 0 aliphatic heterocycles. The SMILES string of the molecule is Nc1ccc(Cl)c(S(=O)(=O)NC2(CO)CCCCC2)c1. The summed E-state index contributed by atoms with van der Waals surface area (Å²) in [6.45, 7) is -0.216. The quantitative estimate of drug-likeness (QED) is 0.739. The Labute approximate surface area is 124 Å². The minimum Gasteiger partial charge on any atom is -0.399 e. The van der Waals surface area contributed by atoms with Crippen LogP contribution in [0.2, 0.25) is 5.02 Å². The molecule has 4 N–H and O–H groups in total. The van der Waals surface area contributed by atoms with E-state index in [4.69, 9.17) is 17.3 Å². The molecule has 1 saturated carbocycles. The Bertz CT molecular complexity index is 583. The second kappa shape index (κ2) is 5.89. The Morgan fingerprint density at radius 2 is 1.95 bits per heavy atom. The summed E-state index contributed by atoms with van der Waals surface area (Å²) >= 11 is 5.95. The lowest BCUT2D eigenvalue weighted by Gasteiger charge is -2.36. The number of anilines is 1. The minimum atomic E-state index is -3.81. The van der Waals surface area contributed by atoms with Crippen molar-refractivity contribution in [1.29, 1.82) is 0 Å². The Balaban J connectivity index is 2.32. The summed E-state index contributed by atoms with van der Waals surface area (Å²) in [6, 6.07) is 4.33. The van der Waals surface area contributed by atoms with Crippen LogP contribution in [-0.4, -0.2) is 25.7 Å². The Morgan fingerprint density at radius 3 is 2.55 bits per heavy atom. The number of nitrogen functional groups attached to an aromatic ring is 1. The number of hydrogen-bond acceptors (Lipinski definition) is 4. The summed E-state index contributed by atoms with van der Waals surface area (Å²) < 4.78 is 27.6. The summed E-state index contributed by atoms with van der Waals surface area (Å²) in [5, 5.41) is 9.71. The molecule has 5 nitrogen and oxygen atoms in total. The average molecular weight is 319 g/mol. The summed E-state index contributed by atoms with van der Waals surface area (Å²) in [5.41, 5.74) is 5.17. The van der Waals surface area contributed by atoms with Crippen molar-refractivity contribution in [2.24, 2.45) is 0 Å². The van der Waals surface area contributed by atoms with E-state index in [0.29, 0.717) is 18.5 Å². The van der Waals surface area contributed by atoms with Crippen LogP contribution in [0, 0.1) is 0 Å². The fourth-order valence-corrected chi connectivity index (χ4v) is 4.57. The zero-order chi connectivity index (χ0) is 14.8. The Kier molecular flexibility index (Phi) is 4.59. The van der Waals surface area contributed by atoms with Crippen molar-refractivity contribution in [3.8, 4) is 0 Å². The predicted molar refractivity (Wildman–Crippen MR) is 79.1 cm³/mol. The molecule has 0 saturated heterocycles. The molecule has 7 heteroatoms. The molecule has 1 aromatic rings. The fraction of sp³-hybridized carbons (Fsp3) is 0.538. The lowest BCUT2D eigenvalue weighted by atomic mass is 9.83. The van der Waals surface area contributed by atoms with Crippen molar-refractivity contribution in [2.75, 3.05) is 12.3 Å². The van der Waals surface area contributed by atoms with Gasteiger partial charge in [-0.15, -0.1) is 0 Å². The highest BCUT2D eigenvalue weighted by atomic mass is 35.5. The highest BCUT2D eigenvalue weighted by Crippen LogP contribution is 2.31. The molecule has 0 unspecified atom stereocenters. The van der Waals surface area contributed by atoms with Crippen LogP contribution in [0.4, 0.5) is 5.69 Å². The Morgan fingerprint density at radius 1 is 1.30 bits per heavy atom. The molecule has 1 aliphatic carbocycles. The molecule has 1 aliphatic rings. The first-order valence-electron chi connectivity index (χ1n) is 6.58. The highest BCUT2D eigenvalue weighted by molar-refractivity contribution is 7.89. The summed E-state index contributed by atoms with van der Waals surface area (Å²) in [7, 11) is -3.81. The second-order valence-corrected chi connectivity index (χ2v) is 7.35. The summed E-state index contributed by atoms with van der Waals surface area (Å²) in [6.07, 6.45) is 4.11. The van der Waals surface area contributed by atoms with Crippen molar-refractivity contribution < 1.29 is 13.5 Å². The number of rotatable bonds is 4. The number of aliphatic hydroxyl groups is 1. The normalized spacial score (nSPS) is 18.9. The van der Waals surface area contributed by atoms with Crippen LogP contribution in [0.5, 0.6) is 0 Å². The molecular formula is C13H19ClN2O3S. The van der Waals surface area contributed by atoms with Crippen LogP contribution in [0.3, 0.4) is 0 Å². The van der Waals surface area contributed by atoms with Crippen LogP contribution in [0.15, 0.2) is 23.1 Å². The van der Waals surface area contributed by atoms with E-state index in [1.165, 1.54) is 12.1 Å². The average Bonchev–Trinajstić information content (AvgIpc) is 2.42. The van der Waals surface area contributed by atoms with Crippen molar-refractivity contribution in [3.05, 3.63) is 23.2 Å². The van der Waals surface area contributed by atoms with Gasteiger partial charge in [0, 0.05) is 5.69 Å². The van der Waals surface area contributed by atoms with Crippen molar-refractivity contribution in [1.82, 2.24) is 4.72 Å². The van der Waals surface area contributed by atoms with Crippen molar-refractivity contribution >= 4 is 27.3 Å². The maximum Gasteiger partial charge on any atom is 0.242 e. The zero-order valence-electron chi connectivity index (χ0n) is 11.1. The predicted octanol–water partition coefficient (Wildman–Crippen LogP) is 1.90. The maximum atomic E-state index is 12.5. The van der Waals surface area contributed by atoms with E-state index >= 15 is 0 Å². The summed E-state index contributed by atoms with van der Waals surface area (Å²) in [4.78, 5) is -0.0439. The molecule has 0 heterocycles. The van der Waals surface area contributed by atoms with Crippen LogP contribution in [-0.2, 0) is 10.0 Å². The fourth-order valence-electron chi connectivity index (χ4n) is 2.59. The second-order valence-electron chi connectivity index (χ2n) is 5.29. The number of halogens is 1. The van der Waals surface area contributed by atoms with Gasteiger partial charge in [0.25, 0.3) is 0 Å². The van der Waals surface area contributed by atoms with Gasteiger partial charge in [-0.3, -0.25) is 0 Å². The monoisotopic (exact) mass is 318 g/mol. The smallest absolute Gasteiger partial charge is 0.242 e. The van der Waals surface area contributed by atoms with Gasteiger partial charge >= 0.3 is 0 Å². The number of nitrogens with two attached hydrogens (primary N) is 1. The molecule has 1 aromatic carbocycles. The van der Waals surface area contributed by atoms with Gasteiger partial charge in [0.1, 0.15) is 4.90 Å². The standard InChI is InChI=1S/C13H19ClN2O3S/c14-11-5-4-10(15)8-12(11)20(18,19)16-13(9-17)6-2-1-3-7-13/h4-5,8,16-17H,1-3,6-7,9,15H2. The van der Waals surface area contributed by atoms with E-state index < -0.39 is 15.6 Å². The van der Waals surface area contributed by atoms with E-state index in [1.54, 1.807) is 6.07 Å². The van der Waals surface area contributed by atoms with Gasteiger partial charge in [-0.2, -0.15) is 0 Å². The largest absolute Gasteiger partial charge is 0.399 e. The van der Waals surface area contributed by atoms with Crippen molar-refractivity contribution in [3.63, 3.8) is 0 Å². The van der Waals surface area contributed by atoms with E-state index in [2.05, 4.69) is 4.72 Å². The Hall–Kier alpha value is -0.820. The third-order valence-electron chi connectivity index (χ3n) is 3.71. The molecule has 0 atom stereocenters. The molecule has 0 amide bonds. The third kappa shape index (κ3) is 3.25. The molecule has 0 aromatic heterocycles. The van der Waals surface area contributed by atoms with Gasteiger partial charge in [0.15, 0.2) is 0 Å². The van der Waals surface area contributed by atoms with Crippen molar-refractivity contribution in [2.45, 2.75) is 42.5 Å². The van der Waals surface area contributed by atoms with Gasteiger partial charge < -0.3 is 10.8 Å². The first-order chi connectivity index (χ1) is 9.38. The number of benzene rings is 1. The molecule has 112 valence electrons. The van der Waals surface area contributed by atoms with Crippen LogP contribution in [0.25, 0.3) is 0 Å². The number of nitrogens with one attached hydrogen (secondary N) is 1. The number of sulfonamides is 1. The van der Waals surface area contributed by atoms with Gasteiger partial charge in [0.05, 0.1) is 17.2 Å². The number of hydrogen-bond donors (Lipinski definition) is 3. The third-order valence-corrected chi connectivity index (χ3v) is 5.77. The van der Waals surface area contributed by atoms with Gasteiger partial charge in [0.2, 0.25) is 10.0 Å². The molecule has 0 bridgehead atoms. The first-order valence-corrected chi connectivity index (χ1v) is 8.45. The van der Waals surface area contributed by atoms with Gasteiger partial charge in [-0.1, -0.05) is 30.9 Å². The maximum absolute atomic E-state index is 12.5. The zero-order valence-corrected chi connectivity index (χ0v) is 12.7. The lowest BCUT2D eigenvalue weighted by molar-refractivity contribution is 0.142. The lowest BCUT2D eigenvalue weighted by Crippen LogP contribution is -2.52. The van der Waals surface area contributed by atoms with E-state index in [0.717, 1.165) is 19.3 Å². The highest BCUT2D eigenvalue weighted by Gasteiger charge is 2.36. The van der Waals surface area contributed by atoms with E-state index in [1.807, 2.05) is 0 Å². The van der Waals surface area contributed by atoms with Gasteiger partial charge in [-0.05, 0) is 31.0 Å². The number of aliphatic hydroxyl groups excluding tert-OH is 1. The molecular weight excluding hydrogens is 300 g/mol. The van der Waals surface area contributed by atoms with E-state index in [-0.39, 0.29) is 16.5 Å². The topological polar surface area (TPSA) is 92.4 Å². The van der Waals surface area contributed by atoms with Gasteiger partial charge in [-0.25, -0.2) is 13.1 Å². The molecule has 2 rings (SSSR count). The van der Waals surface area contributed by atoms with Crippen LogP contribution >= 0.6 is 11.6 Å². The van der Waals surface area contributed by atoms with Crippen LogP contribution < -0.4 is 10.5 Å². The molecule has 20 heavy (non-hydrogen) atoms. The first kappa shape index (κ1) is 15.6.